The second-order valence-corrected chi connectivity index (χ2v) is 10.4. The number of carbonyl (C=O) groups is 2. The van der Waals surface area contributed by atoms with Crippen molar-refractivity contribution in [1.29, 1.82) is 0 Å². The lowest BCUT2D eigenvalue weighted by Gasteiger charge is -2.18. The van der Waals surface area contributed by atoms with Gasteiger partial charge in [0.05, 0.1) is 6.33 Å². The molecular formula is C29H49N5O6. The molecule has 0 atom stereocenters. The number of aromatic nitrogens is 4. The van der Waals surface area contributed by atoms with Gasteiger partial charge in [-0.1, -0.05) is 90.9 Å². The van der Waals surface area contributed by atoms with Crippen LogP contribution in [0.1, 0.15) is 117 Å². The first-order valence-corrected chi connectivity index (χ1v) is 15.1. The summed E-state index contributed by atoms with van der Waals surface area (Å²) in [5.41, 5.74) is 5.63. The molecule has 0 unspecified atom stereocenters. The lowest BCUT2D eigenvalue weighted by atomic mass is 10.1. The van der Waals surface area contributed by atoms with Crippen molar-refractivity contribution in [1.82, 2.24) is 19.5 Å². The van der Waals surface area contributed by atoms with Crippen molar-refractivity contribution >= 4 is 29.1 Å². The molecule has 0 aliphatic rings. The quantitative estimate of drug-likeness (QED) is 0.133. The van der Waals surface area contributed by atoms with E-state index < -0.39 is 11.7 Å². The highest BCUT2D eigenvalue weighted by Gasteiger charge is 2.17. The minimum Gasteiger partial charge on any atom is -0.463 e. The van der Waals surface area contributed by atoms with Crippen molar-refractivity contribution in [3.05, 3.63) is 16.7 Å². The lowest BCUT2D eigenvalue weighted by molar-refractivity contribution is -0.157. The number of rotatable bonds is 23. The number of esters is 2. The Morgan fingerprint density at radius 3 is 1.88 bits per heavy atom. The third-order valence-corrected chi connectivity index (χ3v) is 6.77. The lowest BCUT2D eigenvalue weighted by Crippen LogP contribution is -2.29. The predicted molar refractivity (Wildman–Crippen MR) is 155 cm³/mol. The molecule has 0 saturated carbocycles. The third-order valence-electron chi connectivity index (χ3n) is 6.77. The Labute approximate surface area is 237 Å². The molecule has 11 nitrogen and oxygen atoms in total. The van der Waals surface area contributed by atoms with E-state index in [4.69, 9.17) is 19.9 Å². The third kappa shape index (κ3) is 13.4. The van der Waals surface area contributed by atoms with E-state index >= 15 is 0 Å². The van der Waals surface area contributed by atoms with E-state index in [1.165, 1.54) is 62.3 Å². The fourth-order valence-electron chi connectivity index (χ4n) is 4.36. The van der Waals surface area contributed by atoms with Crippen molar-refractivity contribution < 1.29 is 23.8 Å². The average molecular weight is 564 g/mol. The molecule has 0 fully saturated rings. The van der Waals surface area contributed by atoms with Gasteiger partial charge in [-0.15, -0.1) is 0 Å². The van der Waals surface area contributed by atoms with Gasteiger partial charge in [0, 0.05) is 12.8 Å². The molecule has 40 heavy (non-hydrogen) atoms. The highest BCUT2D eigenvalue weighted by molar-refractivity contribution is 5.70. The van der Waals surface area contributed by atoms with E-state index in [1.54, 1.807) is 0 Å². The molecule has 2 aromatic heterocycles. The maximum absolute atomic E-state index is 12.3. The number of aromatic amines is 1. The monoisotopic (exact) mass is 563 g/mol. The first-order chi connectivity index (χ1) is 19.4. The summed E-state index contributed by atoms with van der Waals surface area (Å²) < 4.78 is 18.3. The van der Waals surface area contributed by atoms with Gasteiger partial charge >= 0.3 is 11.9 Å². The largest absolute Gasteiger partial charge is 0.463 e. The molecule has 0 saturated heterocycles. The van der Waals surface area contributed by atoms with Crippen LogP contribution in [0.25, 0.3) is 11.2 Å². The SMILES string of the molecule is CCCCCCCCCC(=O)OCC(COC(=O)CCCCCCCCC)OCn1cnc2c(=O)[nH]c(N)nc21. The van der Waals surface area contributed by atoms with Gasteiger partial charge in [0.2, 0.25) is 5.95 Å². The second-order valence-electron chi connectivity index (χ2n) is 10.4. The van der Waals surface area contributed by atoms with Gasteiger partial charge in [-0.05, 0) is 12.8 Å². The summed E-state index contributed by atoms with van der Waals surface area (Å²) in [6.45, 7) is 4.24. The number of hydrogen-bond donors (Lipinski definition) is 2. The van der Waals surface area contributed by atoms with Gasteiger partial charge in [-0.25, -0.2) is 4.98 Å². The Kier molecular flexibility index (Phi) is 16.6. The highest BCUT2D eigenvalue weighted by atomic mass is 16.6. The number of nitrogen functional groups attached to an aromatic ring is 1. The summed E-state index contributed by atoms with van der Waals surface area (Å²) in [6, 6.07) is 0. The van der Waals surface area contributed by atoms with Crippen LogP contribution in [-0.2, 0) is 30.5 Å². The number of nitrogens with zero attached hydrogens (tertiary/aromatic N) is 3. The molecule has 0 aliphatic carbocycles. The summed E-state index contributed by atoms with van der Waals surface area (Å²) in [7, 11) is 0. The topological polar surface area (TPSA) is 151 Å². The van der Waals surface area contributed by atoms with Gasteiger partial charge in [0.15, 0.2) is 11.2 Å². The minimum atomic E-state index is -0.687. The molecule has 2 heterocycles. The van der Waals surface area contributed by atoms with Gasteiger partial charge in [-0.3, -0.25) is 23.9 Å². The minimum absolute atomic E-state index is 0.0330. The molecule has 0 radical (unpaired) electrons. The van der Waals surface area contributed by atoms with E-state index in [2.05, 4.69) is 28.8 Å². The van der Waals surface area contributed by atoms with Crippen molar-refractivity contribution in [2.24, 2.45) is 0 Å². The van der Waals surface area contributed by atoms with E-state index in [1.807, 2.05) is 0 Å². The maximum atomic E-state index is 12.3. The van der Waals surface area contributed by atoms with Gasteiger partial charge < -0.3 is 19.9 Å². The smallest absolute Gasteiger partial charge is 0.305 e. The van der Waals surface area contributed by atoms with Gasteiger partial charge in [0.1, 0.15) is 26.0 Å². The summed E-state index contributed by atoms with van der Waals surface area (Å²) in [6.07, 6.45) is 17.0. The molecule has 226 valence electrons. The zero-order valence-corrected chi connectivity index (χ0v) is 24.5. The van der Waals surface area contributed by atoms with E-state index in [9.17, 15) is 14.4 Å². The molecule has 0 aliphatic heterocycles. The van der Waals surface area contributed by atoms with E-state index in [0.29, 0.717) is 12.8 Å². The van der Waals surface area contributed by atoms with Crippen molar-refractivity contribution in [3.8, 4) is 0 Å². The van der Waals surface area contributed by atoms with Crippen LogP contribution >= 0.6 is 0 Å². The van der Waals surface area contributed by atoms with Crippen LogP contribution < -0.4 is 11.3 Å². The van der Waals surface area contributed by atoms with Gasteiger partial charge in [0.25, 0.3) is 5.56 Å². The Morgan fingerprint density at radius 2 is 1.35 bits per heavy atom. The van der Waals surface area contributed by atoms with Crippen LogP contribution in [0.15, 0.2) is 11.1 Å². The summed E-state index contributed by atoms with van der Waals surface area (Å²) in [4.78, 5) is 47.3. The van der Waals surface area contributed by atoms with Crippen LogP contribution in [0.3, 0.4) is 0 Å². The number of unbranched alkanes of at least 4 members (excludes halogenated alkanes) is 12. The molecule has 0 bridgehead atoms. The normalized spacial score (nSPS) is 11.4. The van der Waals surface area contributed by atoms with Crippen LogP contribution in [0.4, 0.5) is 5.95 Å². The first-order valence-electron chi connectivity index (χ1n) is 15.1. The molecule has 0 aromatic carbocycles. The molecular weight excluding hydrogens is 514 g/mol. The maximum Gasteiger partial charge on any atom is 0.305 e. The fraction of sp³-hybridized carbons (Fsp3) is 0.759. The fourth-order valence-corrected chi connectivity index (χ4v) is 4.36. The number of ether oxygens (including phenoxy) is 3. The number of hydrogen-bond acceptors (Lipinski definition) is 9. The predicted octanol–water partition coefficient (Wildman–Crippen LogP) is 5.41. The van der Waals surface area contributed by atoms with E-state index in [0.717, 1.165) is 38.5 Å². The van der Waals surface area contributed by atoms with Crippen molar-refractivity contribution in [2.75, 3.05) is 18.9 Å². The Hall–Kier alpha value is -2.95. The molecule has 2 aromatic rings. The van der Waals surface area contributed by atoms with Gasteiger partial charge in [-0.2, -0.15) is 4.98 Å². The summed E-state index contributed by atoms with van der Waals surface area (Å²) in [5, 5.41) is 0. The number of fused-ring (bicyclic) bond motifs is 1. The molecule has 3 N–H and O–H groups in total. The van der Waals surface area contributed by atoms with Crippen molar-refractivity contribution in [3.63, 3.8) is 0 Å². The number of imidazole rings is 1. The number of nitrogens with two attached hydrogens (primary N) is 1. The second kappa shape index (κ2) is 20.0. The van der Waals surface area contributed by atoms with Crippen molar-refractivity contribution in [2.45, 2.75) is 129 Å². The standard InChI is InChI=1S/C29H49N5O6/c1-3-5-7-9-11-13-15-17-24(35)38-19-23(20-39-25(36)18-16-14-12-10-8-6-4-2)40-22-34-21-31-26-27(34)32-29(30)33-28(26)37/h21,23H,3-20,22H2,1-2H3,(H3,30,32,33,37). The highest BCUT2D eigenvalue weighted by Crippen LogP contribution is 2.12. The molecule has 0 amide bonds. The molecule has 0 spiro atoms. The number of anilines is 1. The zero-order chi connectivity index (χ0) is 29.0. The zero-order valence-electron chi connectivity index (χ0n) is 24.5. The van der Waals surface area contributed by atoms with Crippen LogP contribution in [0, 0.1) is 0 Å². The molecule has 11 heteroatoms. The number of carbonyl (C=O) groups excluding carboxylic acids is 2. The Bertz CT molecular complexity index is 1020. The van der Waals surface area contributed by atoms with Crippen LogP contribution in [0.5, 0.6) is 0 Å². The Balaban J connectivity index is 1.82. The summed E-state index contributed by atoms with van der Waals surface area (Å²) in [5.74, 6) is -0.634. The Morgan fingerprint density at radius 1 is 0.850 bits per heavy atom. The molecule has 2 rings (SSSR count). The first kappa shape index (κ1) is 33.3. The number of nitrogens with one attached hydrogen (secondary N) is 1. The number of H-pyrrole nitrogens is 1. The summed E-state index contributed by atoms with van der Waals surface area (Å²) >= 11 is 0. The van der Waals surface area contributed by atoms with Crippen LogP contribution in [0.2, 0.25) is 0 Å². The van der Waals surface area contributed by atoms with Crippen LogP contribution in [-0.4, -0.2) is 50.8 Å². The average Bonchev–Trinajstić information content (AvgIpc) is 3.34. The van der Waals surface area contributed by atoms with E-state index in [-0.39, 0.29) is 49.0 Å².